The molecule has 0 radical (unpaired) electrons. The number of ether oxygens (including phenoxy) is 2. The van der Waals surface area contributed by atoms with Crippen LogP contribution in [0.15, 0.2) is 18.2 Å². The van der Waals surface area contributed by atoms with Gasteiger partial charge in [0, 0.05) is 5.56 Å². The van der Waals surface area contributed by atoms with E-state index >= 15 is 0 Å². The second-order valence-electron chi connectivity index (χ2n) is 4.92. The molecule has 0 aliphatic heterocycles. The van der Waals surface area contributed by atoms with Crippen molar-refractivity contribution in [2.24, 2.45) is 5.73 Å². The molecule has 1 aromatic carbocycles. The minimum absolute atomic E-state index is 0.198. The number of carbonyl (C=O) groups is 2. The first-order chi connectivity index (χ1) is 10.6. The molecule has 0 bridgehead atoms. The summed E-state index contributed by atoms with van der Waals surface area (Å²) >= 11 is 0. The van der Waals surface area contributed by atoms with Crippen LogP contribution in [0.1, 0.15) is 43.0 Å². The fourth-order valence-corrected chi connectivity index (χ4v) is 1.91. The van der Waals surface area contributed by atoms with E-state index in [1.165, 1.54) is 20.0 Å². The second-order valence-corrected chi connectivity index (χ2v) is 4.92. The topological polar surface area (TPSA) is 90.6 Å². The lowest BCUT2D eigenvalue weighted by atomic mass is 10.2. The molecule has 2 amide bonds. The highest BCUT2D eigenvalue weighted by Crippen LogP contribution is 2.28. The van der Waals surface area contributed by atoms with Crippen molar-refractivity contribution in [2.45, 2.75) is 32.6 Å². The van der Waals surface area contributed by atoms with Gasteiger partial charge in [0.15, 0.2) is 11.5 Å². The van der Waals surface area contributed by atoms with Gasteiger partial charge in [0.25, 0.3) is 5.91 Å². The van der Waals surface area contributed by atoms with Gasteiger partial charge in [0.05, 0.1) is 20.3 Å². The molecule has 0 aromatic heterocycles. The van der Waals surface area contributed by atoms with Crippen molar-refractivity contribution >= 4 is 11.8 Å². The van der Waals surface area contributed by atoms with Crippen LogP contribution in [0.5, 0.6) is 11.5 Å². The van der Waals surface area contributed by atoms with Crippen LogP contribution in [0, 0.1) is 0 Å². The number of benzene rings is 1. The zero-order chi connectivity index (χ0) is 16.4. The number of hydrogen-bond acceptors (Lipinski definition) is 4. The van der Waals surface area contributed by atoms with E-state index in [-0.39, 0.29) is 12.5 Å². The van der Waals surface area contributed by atoms with Gasteiger partial charge in [-0.1, -0.05) is 26.2 Å². The molecule has 0 aliphatic carbocycles. The van der Waals surface area contributed by atoms with Gasteiger partial charge in [-0.2, -0.15) is 0 Å². The first kappa shape index (κ1) is 17.8. The SMILES string of the molecule is CCCCCCOc1ccc(C(=O)NCC(N)=O)cc1OC. The van der Waals surface area contributed by atoms with Crippen molar-refractivity contribution in [1.29, 1.82) is 0 Å². The fourth-order valence-electron chi connectivity index (χ4n) is 1.91. The average molecular weight is 308 g/mol. The summed E-state index contributed by atoms with van der Waals surface area (Å²) in [5.74, 6) is 0.117. The Labute approximate surface area is 131 Å². The number of hydrogen-bond donors (Lipinski definition) is 2. The summed E-state index contributed by atoms with van der Waals surface area (Å²) in [6.07, 6.45) is 4.49. The Bertz CT molecular complexity index is 503. The third kappa shape index (κ3) is 6.03. The highest BCUT2D eigenvalue weighted by Gasteiger charge is 2.11. The molecule has 0 unspecified atom stereocenters. The largest absolute Gasteiger partial charge is 0.493 e. The van der Waals surface area contributed by atoms with E-state index in [4.69, 9.17) is 15.2 Å². The number of amides is 2. The van der Waals surface area contributed by atoms with E-state index in [1.54, 1.807) is 18.2 Å². The van der Waals surface area contributed by atoms with Crippen molar-refractivity contribution in [3.05, 3.63) is 23.8 Å². The monoisotopic (exact) mass is 308 g/mol. The molecule has 1 rings (SSSR count). The molecule has 0 aliphatic rings. The minimum atomic E-state index is -0.590. The molecule has 0 spiro atoms. The number of unbranched alkanes of at least 4 members (excludes halogenated alkanes) is 3. The molecule has 3 N–H and O–H groups in total. The first-order valence-corrected chi connectivity index (χ1v) is 7.45. The quantitative estimate of drug-likeness (QED) is 0.646. The van der Waals surface area contributed by atoms with Crippen molar-refractivity contribution < 1.29 is 19.1 Å². The molecule has 0 saturated heterocycles. The van der Waals surface area contributed by atoms with Gasteiger partial charge < -0.3 is 20.5 Å². The Kier molecular flexibility index (Phi) is 7.81. The van der Waals surface area contributed by atoms with Crippen molar-refractivity contribution in [1.82, 2.24) is 5.32 Å². The number of carbonyl (C=O) groups excluding carboxylic acids is 2. The third-order valence-electron chi connectivity index (χ3n) is 3.10. The van der Waals surface area contributed by atoms with Crippen LogP contribution in [0.2, 0.25) is 0 Å². The van der Waals surface area contributed by atoms with E-state index < -0.39 is 5.91 Å². The van der Waals surface area contributed by atoms with Crippen LogP contribution >= 0.6 is 0 Å². The van der Waals surface area contributed by atoms with Crippen LogP contribution in [0.25, 0.3) is 0 Å². The summed E-state index contributed by atoms with van der Waals surface area (Å²) in [7, 11) is 1.52. The standard InChI is InChI=1S/C16H24N2O4/c1-3-4-5-6-9-22-13-8-7-12(10-14(13)21-2)16(20)18-11-15(17)19/h7-8,10H,3-6,9,11H2,1-2H3,(H2,17,19)(H,18,20). The van der Waals surface area contributed by atoms with Gasteiger partial charge in [-0.05, 0) is 24.6 Å². The van der Waals surface area contributed by atoms with Crippen LogP contribution in [0.4, 0.5) is 0 Å². The van der Waals surface area contributed by atoms with Gasteiger partial charge in [-0.3, -0.25) is 9.59 Å². The lowest BCUT2D eigenvalue weighted by molar-refractivity contribution is -0.117. The highest BCUT2D eigenvalue weighted by atomic mass is 16.5. The average Bonchev–Trinajstić information content (AvgIpc) is 2.52. The van der Waals surface area contributed by atoms with Crippen molar-refractivity contribution in [3.63, 3.8) is 0 Å². The summed E-state index contributed by atoms with van der Waals surface area (Å²) in [5, 5.41) is 2.43. The van der Waals surface area contributed by atoms with Crippen LogP contribution in [0.3, 0.4) is 0 Å². The smallest absolute Gasteiger partial charge is 0.251 e. The number of nitrogens with two attached hydrogens (primary N) is 1. The number of nitrogens with one attached hydrogen (secondary N) is 1. The Hall–Kier alpha value is -2.24. The summed E-state index contributed by atoms with van der Waals surface area (Å²) in [6.45, 7) is 2.58. The molecule has 0 atom stereocenters. The maximum atomic E-state index is 11.8. The molecule has 0 fully saturated rings. The van der Waals surface area contributed by atoms with Gasteiger partial charge in [0.1, 0.15) is 0 Å². The molecular formula is C16H24N2O4. The predicted octanol–water partition coefficient (Wildman–Crippen LogP) is 1.87. The van der Waals surface area contributed by atoms with Crippen molar-refractivity contribution in [2.75, 3.05) is 20.3 Å². The molecule has 0 saturated carbocycles. The van der Waals surface area contributed by atoms with E-state index in [0.717, 1.165) is 12.8 Å². The maximum absolute atomic E-state index is 11.8. The molecule has 6 nitrogen and oxygen atoms in total. The Morgan fingerprint density at radius 1 is 1.18 bits per heavy atom. The predicted molar refractivity (Wildman–Crippen MR) is 84.2 cm³/mol. The van der Waals surface area contributed by atoms with Gasteiger partial charge in [-0.15, -0.1) is 0 Å². The normalized spacial score (nSPS) is 10.1. The zero-order valence-electron chi connectivity index (χ0n) is 13.2. The highest BCUT2D eigenvalue weighted by molar-refractivity contribution is 5.96. The van der Waals surface area contributed by atoms with Gasteiger partial charge in [-0.25, -0.2) is 0 Å². The Morgan fingerprint density at radius 2 is 1.95 bits per heavy atom. The Morgan fingerprint density at radius 3 is 2.59 bits per heavy atom. The van der Waals surface area contributed by atoms with E-state index in [9.17, 15) is 9.59 Å². The summed E-state index contributed by atoms with van der Waals surface area (Å²) in [5.41, 5.74) is 5.38. The van der Waals surface area contributed by atoms with Crippen LogP contribution < -0.4 is 20.5 Å². The summed E-state index contributed by atoms with van der Waals surface area (Å²) < 4.78 is 10.9. The zero-order valence-corrected chi connectivity index (χ0v) is 13.2. The second kappa shape index (κ2) is 9.65. The third-order valence-corrected chi connectivity index (χ3v) is 3.10. The Balaban J connectivity index is 2.62. The van der Waals surface area contributed by atoms with Gasteiger partial charge in [0.2, 0.25) is 5.91 Å². The first-order valence-electron chi connectivity index (χ1n) is 7.45. The molecule has 0 heterocycles. The molecule has 22 heavy (non-hydrogen) atoms. The van der Waals surface area contributed by atoms with Crippen LogP contribution in [-0.4, -0.2) is 32.1 Å². The fraction of sp³-hybridized carbons (Fsp3) is 0.500. The molecule has 6 heteroatoms. The van der Waals surface area contributed by atoms with Gasteiger partial charge >= 0.3 is 0 Å². The number of primary amides is 1. The lowest BCUT2D eigenvalue weighted by Gasteiger charge is -2.12. The minimum Gasteiger partial charge on any atom is -0.493 e. The number of rotatable bonds is 10. The van der Waals surface area contributed by atoms with Crippen molar-refractivity contribution in [3.8, 4) is 11.5 Å². The maximum Gasteiger partial charge on any atom is 0.251 e. The molecular weight excluding hydrogens is 284 g/mol. The van der Waals surface area contributed by atoms with Crippen LogP contribution in [-0.2, 0) is 4.79 Å². The summed E-state index contributed by atoms with van der Waals surface area (Å²) in [6, 6.07) is 4.90. The molecule has 122 valence electrons. The summed E-state index contributed by atoms with van der Waals surface area (Å²) in [4.78, 5) is 22.5. The number of methoxy groups -OCH3 is 1. The lowest BCUT2D eigenvalue weighted by Crippen LogP contribution is -2.33. The van der Waals surface area contributed by atoms with E-state index in [2.05, 4.69) is 12.2 Å². The molecule has 1 aromatic rings. The van der Waals surface area contributed by atoms with E-state index in [1.807, 2.05) is 0 Å². The van der Waals surface area contributed by atoms with E-state index in [0.29, 0.717) is 23.7 Å².